The number of carbonyl (C=O) groups is 1. The molecule has 2 aliphatic rings. The van der Waals surface area contributed by atoms with Crippen LogP contribution in [-0.2, 0) is 5.72 Å². The van der Waals surface area contributed by atoms with Crippen molar-refractivity contribution in [3.8, 4) is 0 Å². The summed E-state index contributed by atoms with van der Waals surface area (Å²) in [7, 11) is 0. The lowest BCUT2D eigenvalue weighted by atomic mass is 9.97. The van der Waals surface area contributed by atoms with Crippen LogP contribution in [0.25, 0.3) is 0 Å². The number of hydrogen-bond acceptors (Lipinski definition) is 3. The second-order valence-corrected chi connectivity index (χ2v) is 4.03. The zero-order valence-corrected chi connectivity index (χ0v) is 8.05. The lowest BCUT2D eigenvalue weighted by Gasteiger charge is -2.29. The fraction of sp³-hybridized carbons (Fsp3) is 0.364. The first-order valence-electron chi connectivity index (χ1n) is 4.97. The Morgan fingerprint density at radius 2 is 2.13 bits per heavy atom. The van der Waals surface area contributed by atoms with Crippen LogP contribution >= 0.6 is 0 Å². The molecule has 1 saturated heterocycles. The Kier molecular flexibility index (Phi) is 1.53. The number of fused-ring (bicyclic) bond motifs is 3. The lowest BCUT2D eigenvalue weighted by Crippen LogP contribution is -2.44. The molecular formula is C11H11NO3. The van der Waals surface area contributed by atoms with E-state index in [1.807, 2.05) is 0 Å². The van der Waals surface area contributed by atoms with Gasteiger partial charge in [-0.2, -0.15) is 0 Å². The second kappa shape index (κ2) is 2.59. The van der Waals surface area contributed by atoms with E-state index < -0.39 is 11.8 Å². The molecule has 78 valence electrons. The van der Waals surface area contributed by atoms with Gasteiger partial charge in [-0.3, -0.25) is 4.79 Å². The van der Waals surface area contributed by atoms with E-state index in [1.165, 1.54) is 4.90 Å². The van der Waals surface area contributed by atoms with Crippen LogP contribution in [0, 0.1) is 0 Å². The molecule has 0 aliphatic carbocycles. The summed E-state index contributed by atoms with van der Waals surface area (Å²) in [4.78, 5) is 13.2. The fourth-order valence-electron chi connectivity index (χ4n) is 2.52. The first-order chi connectivity index (χ1) is 7.15. The largest absolute Gasteiger partial charge is 0.388 e. The monoisotopic (exact) mass is 205 g/mol. The Hall–Kier alpha value is -1.39. The summed E-state index contributed by atoms with van der Waals surface area (Å²) in [6.07, 6.45) is -0.457. The summed E-state index contributed by atoms with van der Waals surface area (Å²) in [5, 5.41) is 20.2. The van der Waals surface area contributed by atoms with E-state index in [0.717, 1.165) is 0 Å². The van der Waals surface area contributed by atoms with Crippen LogP contribution in [0.5, 0.6) is 0 Å². The Labute approximate surface area is 86.8 Å². The van der Waals surface area contributed by atoms with Gasteiger partial charge in [0.15, 0.2) is 5.72 Å². The molecule has 2 unspecified atom stereocenters. The molecule has 4 heteroatoms. The van der Waals surface area contributed by atoms with Crippen LogP contribution in [0.1, 0.15) is 22.3 Å². The average molecular weight is 205 g/mol. The first kappa shape index (κ1) is 8.88. The number of benzene rings is 1. The summed E-state index contributed by atoms with van der Waals surface area (Å²) in [6, 6.07) is 6.90. The van der Waals surface area contributed by atoms with Crippen molar-refractivity contribution in [1.82, 2.24) is 4.90 Å². The summed E-state index contributed by atoms with van der Waals surface area (Å²) in [5.41, 5.74) is -0.466. The highest BCUT2D eigenvalue weighted by Gasteiger charge is 2.56. The van der Waals surface area contributed by atoms with Gasteiger partial charge in [0.25, 0.3) is 5.91 Å². The minimum atomic E-state index is -1.49. The number of amides is 1. The number of nitrogens with zero attached hydrogens (tertiary/aromatic N) is 1. The molecule has 2 heterocycles. The maximum atomic E-state index is 11.9. The van der Waals surface area contributed by atoms with Crippen molar-refractivity contribution in [1.29, 1.82) is 0 Å². The number of hydrogen-bond donors (Lipinski definition) is 2. The van der Waals surface area contributed by atoms with E-state index in [4.69, 9.17) is 0 Å². The topological polar surface area (TPSA) is 60.8 Å². The maximum absolute atomic E-state index is 11.9. The highest BCUT2D eigenvalue weighted by atomic mass is 16.4. The van der Waals surface area contributed by atoms with Crippen LogP contribution in [0.15, 0.2) is 24.3 Å². The van der Waals surface area contributed by atoms with Gasteiger partial charge in [-0.1, -0.05) is 18.2 Å². The molecule has 0 saturated carbocycles. The van der Waals surface area contributed by atoms with Gasteiger partial charge in [0.2, 0.25) is 0 Å². The number of aliphatic hydroxyl groups excluding tert-OH is 1. The molecule has 15 heavy (non-hydrogen) atoms. The summed E-state index contributed by atoms with van der Waals surface area (Å²) < 4.78 is 0. The second-order valence-electron chi connectivity index (χ2n) is 4.03. The third-order valence-electron chi connectivity index (χ3n) is 3.30. The third-order valence-corrected chi connectivity index (χ3v) is 3.30. The molecule has 1 aromatic carbocycles. The van der Waals surface area contributed by atoms with Crippen LogP contribution in [-0.4, -0.2) is 33.7 Å². The Morgan fingerprint density at radius 1 is 1.40 bits per heavy atom. The highest BCUT2D eigenvalue weighted by molar-refractivity contribution is 6.00. The van der Waals surface area contributed by atoms with Gasteiger partial charge in [0.1, 0.15) is 6.10 Å². The minimum absolute atomic E-state index is 0.190. The molecule has 0 radical (unpaired) electrons. The van der Waals surface area contributed by atoms with Gasteiger partial charge < -0.3 is 15.1 Å². The summed E-state index contributed by atoms with van der Waals surface area (Å²) in [6.45, 7) is 0.408. The maximum Gasteiger partial charge on any atom is 0.256 e. The van der Waals surface area contributed by atoms with Crippen LogP contribution in [0.3, 0.4) is 0 Å². The smallest absolute Gasteiger partial charge is 0.256 e. The fourth-order valence-corrected chi connectivity index (χ4v) is 2.52. The standard InChI is InChI=1S/C11H11NO3/c13-9-5-6-12-10(14)7-3-1-2-4-8(7)11(9,12)15/h1-4,9,13,15H,5-6H2. The predicted molar refractivity (Wildman–Crippen MR) is 52.0 cm³/mol. The van der Waals surface area contributed by atoms with E-state index >= 15 is 0 Å². The Bertz CT molecular complexity index is 445. The zero-order valence-electron chi connectivity index (χ0n) is 8.05. The molecule has 4 nitrogen and oxygen atoms in total. The number of carbonyl (C=O) groups excluding carboxylic acids is 1. The van der Waals surface area contributed by atoms with Gasteiger partial charge >= 0.3 is 0 Å². The molecule has 1 fully saturated rings. The normalized spacial score (nSPS) is 33.1. The van der Waals surface area contributed by atoms with Crippen molar-refractivity contribution >= 4 is 5.91 Å². The first-order valence-corrected chi connectivity index (χ1v) is 4.97. The molecular weight excluding hydrogens is 194 g/mol. The van der Waals surface area contributed by atoms with E-state index in [2.05, 4.69) is 0 Å². The van der Waals surface area contributed by atoms with Gasteiger partial charge in [-0.25, -0.2) is 0 Å². The van der Waals surface area contributed by atoms with E-state index in [1.54, 1.807) is 24.3 Å². The molecule has 1 amide bonds. The zero-order chi connectivity index (χ0) is 10.6. The van der Waals surface area contributed by atoms with Gasteiger partial charge in [-0.05, 0) is 12.5 Å². The molecule has 1 aromatic rings. The van der Waals surface area contributed by atoms with Crippen molar-refractivity contribution < 1.29 is 15.0 Å². The van der Waals surface area contributed by atoms with Crippen LogP contribution in [0.2, 0.25) is 0 Å². The summed E-state index contributed by atoms with van der Waals surface area (Å²) in [5.74, 6) is -0.190. The van der Waals surface area contributed by atoms with Crippen LogP contribution < -0.4 is 0 Å². The van der Waals surface area contributed by atoms with E-state index in [9.17, 15) is 15.0 Å². The number of aliphatic hydroxyl groups is 2. The SMILES string of the molecule is O=C1c2ccccc2C2(O)C(O)CCN12. The quantitative estimate of drug-likeness (QED) is 0.629. The van der Waals surface area contributed by atoms with E-state index in [0.29, 0.717) is 24.1 Å². The van der Waals surface area contributed by atoms with Crippen molar-refractivity contribution in [3.63, 3.8) is 0 Å². The lowest BCUT2D eigenvalue weighted by molar-refractivity contribution is -0.123. The molecule has 2 aliphatic heterocycles. The average Bonchev–Trinajstić information content (AvgIpc) is 2.66. The molecule has 0 aromatic heterocycles. The third kappa shape index (κ3) is 0.861. The molecule has 0 bridgehead atoms. The predicted octanol–water partition coefficient (Wildman–Crippen LogP) is 0.0521. The van der Waals surface area contributed by atoms with Crippen molar-refractivity contribution in [2.75, 3.05) is 6.54 Å². The highest BCUT2D eigenvalue weighted by Crippen LogP contribution is 2.44. The van der Waals surface area contributed by atoms with Crippen molar-refractivity contribution in [3.05, 3.63) is 35.4 Å². The molecule has 2 N–H and O–H groups in total. The number of rotatable bonds is 0. The minimum Gasteiger partial charge on any atom is -0.388 e. The van der Waals surface area contributed by atoms with E-state index in [-0.39, 0.29) is 5.91 Å². The van der Waals surface area contributed by atoms with Gasteiger partial charge in [0.05, 0.1) is 0 Å². The van der Waals surface area contributed by atoms with Gasteiger partial charge in [0, 0.05) is 17.7 Å². The molecule has 2 atom stereocenters. The molecule has 3 rings (SSSR count). The molecule has 0 spiro atoms. The van der Waals surface area contributed by atoms with Gasteiger partial charge in [-0.15, -0.1) is 0 Å². The van der Waals surface area contributed by atoms with Crippen molar-refractivity contribution in [2.24, 2.45) is 0 Å². The Balaban J connectivity index is 2.26. The van der Waals surface area contributed by atoms with Crippen molar-refractivity contribution in [2.45, 2.75) is 18.2 Å². The van der Waals surface area contributed by atoms with Crippen LogP contribution in [0.4, 0.5) is 0 Å². The Morgan fingerprint density at radius 3 is 2.93 bits per heavy atom. The summed E-state index contributed by atoms with van der Waals surface area (Å²) >= 11 is 0.